The Morgan fingerprint density at radius 2 is 1.62 bits per heavy atom. The molecule has 1 atom stereocenters. The molecule has 192 valence electrons. The van der Waals surface area contributed by atoms with Gasteiger partial charge in [0, 0.05) is 12.1 Å². The van der Waals surface area contributed by atoms with Crippen molar-refractivity contribution in [2.24, 2.45) is 0 Å². The summed E-state index contributed by atoms with van der Waals surface area (Å²) in [5, 5.41) is 0.469. The van der Waals surface area contributed by atoms with Crippen molar-refractivity contribution in [2.45, 2.75) is 58.9 Å². The molecule has 37 heavy (non-hydrogen) atoms. The van der Waals surface area contributed by atoms with E-state index in [2.05, 4.69) is 13.8 Å². The molecule has 0 aliphatic rings. The van der Waals surface area contributed by atoms with E-state index in [4.69, 9.17) is 4.98 Å². The third-order valence-corrected chi connectivity index (χ3v) is 6.76. The molecular weight excluding hydrogens is 465 g/mol. The predicted molar refractivity (Wildman–Crippen MR) is 147 cm³/mol. The van der Waals surface area contributed by atoms with Gasteiger partial charge in [-0.25, -0.2) is 9.37 Å². The third kappa shape index (κ3) is 5.79. The van der Waals surface area contributed by atoms with Crippen molar-refractivity contribution in [3.63, 3.8) is 0 Å². The first-order valence-electron chi connectivity index (χ1n) is 13.1. The summed E-state index contributed by atoms with van der Waals surface area (Å²) in [5.41, 5.74) is 2.65. The van der Waals surface area contributed by atoms with Crippen LogP contribution in [0, 0.1) is 5.82 Å². The van der Waals surface area contributed by atoms with E-state index in [0.717, 1.165) is 32.1 Å². The lowest BCUT2D eigenvalue weighted by Gasteiger charge is -2.31. The number of aryl methyl sites for hydroxylation is 1. The monoisotopic (exact) mass is 499 g/mol. The lowest BCUT2D eigenvalue weighted by Crippen LogP contribution is -2.38. The van der Waals surface area contributed by atoms with E-state index in [0.29, 0.717) is 34.5 Å². The molecule has 0 radical (unpaired) electrons. The molecule has 6 heteroatoms. The molecule has 1 aromatic heterocycles. The molecule has 1 unspecified atom stereocenters. The Bertz CT molecular complexity index is 1410. The second-order valence-corrected chi connectivity index (χ2v) is 9.43. The minimum Gasteiger partial charge on any atom is -0.329 e. The summed E-state index contributed by atoms with van der Waals surface area (Å²) in [6.07, 6.45) is 4.96. The Kier molecular flexibility index (Phi) is 8.49. The Labute approximate surface area is 217 Å². The smallest absolute Gasteiger partial charge is 0.266 e. The van der Waals surface area contributed by atoms with Gasteiger partial charge in [0.2, 0.25) is 0 Å². The molecule has 0 spiro atoms. The van der Waals surface area contributed by atoms with E-state index in [9.17, 15) is 14.0 Å². The molecule has 0 aliphatic heterocycles. The number of para-hydroxylation sites is 1. The standard InChI is InChI=1S/C31H34FN3O2/c1-4-6-10-23-13-15-24(16-14-23)30(36)34(21-7-5-2)22(3)29-33-28-12-9-8-11-27(28)31(37)35(29)26-19-17-25(32)18-20-26/h8-9,11-20,22H,4-7,10,21H2,1-3H3. The number of unbranched alkanes of at least 4 members (excludes halogenated alkanes) is 2. The highest BCUT2D eigenvalue weighted by atomic mass is 19.1. The second kappa shape index (κ2) is 12.0. The number of amides is 1. The van der Waals surface area contributed by atoms with Crippen LogP contribution < -0.4 is 5.56 Å². The summed E-state index contributed by atoms with van der Waals surface area (Å²) >= 11 is 0. The van der Waals surface area contributed by atoms with Gasteiger partial charge in [-0.3, -0.25) is 14.2 Å². The highest BCUT2D eigenvalue weighted by Crippen LogP contribution is 2.25. The lowest BCUT2D eigenvalue weighted by atomic mass is 10.0. The number of carbonyl (C=O) groups is 1. The van der Waals surface area contributed by atoms with Crippen molar-refractivity contribution in [1.82, 2.24) is 14.5 Å². The first kappa shape index (κ1) is 26.3. The number of rotatable bonds is 10. The van der Waals surface area contributed by atoms with Crippen molar-refractivity contribution in [1.29, 1.82) is 0 Å². The maximum absolute atomic E-state index is 13.8. The SMILES string of the molecule is CCCCc1ccc(C(=O)N(CCCC)C(C)c2nc3ccccc3c(=O)n2-c2ccc(F)cc2)cc1. The van der Waals surface area contributed by atoms with Gasteiger partial charge in [0.25, 0.3) is 11.5 Å². The fraction of sp³-hybridized carbons (Fsp3) is 0.323. The lowest BCUT2D eigenvalue weighted by molar-refractivity contribution is 0.0678. The van der Waals surface area contributed by atoms with Gasteiger partial charge in [0.15, 0.2) is 0 Å². The summed E-state index contributed by atoms with van der Waals surface area (Å²) in [5.74, 6) is -0.0438. The van der Waals surface area contributed by atoms with Crippen LogP contribution >= 0.6 is 0 Å². The molecule has 4 aromatic rings. The molecule has 0 N–H and O–H groups in total. The quantitative estimate of drug-likeness (QED) is 0.239. The van der Waals surface area contributed by atoms with Crippen LogP contribution in [0.5, 0.6) is 0 Å². The molecule has 1 amide bonds. The fourth-order valence-electron chi connectivity index (χ4n) is 4.57. The zero-order chi connectivity index (χ0) is 26.4. The minimum absolute atomic E-state index is 0.101. The second-order valence-electron chi connectivity index (χ2n) is 9.43. The molecule has 0 aliphatic carbocycles. The van der Waals surface area contributed by atoms with Crippen LogP contribution in [-0.2, 0) is 6.42 Å². The summed E-state index contributed by atoms with van der Waals surface area (Å²) in [4.78, 5) is 34.1. The van der Waals surface area contributed by atoms with Crippen molar-refractivity contribution >= 4 is 16.8 Å². The predicted octanol–water partition coefficient (Wildman–Crippen LogP) is 6.87. The number of nitrogens with zero attached hydrogens (tertiary/aromatic N) is 3. The van der Waals surface area contributed by atoms with Crippen LogP contribution in [0.15, 0.2) is 77.6 Å². The number of hydrogen-bond donors (Lipinski definition) is 0. The maximum Gasteiger partial charge on any atom is 0.266 e. The molecule has 0 bridgehead atoms. The van der Waals surface area contributed by atoms with Gasteiger partial charge >= 0.3 is 0 Å². The molecule has 0 saturated heterocycles. The van der Waals surface area contributed by atoms with Crippen molar-refractivity contribution in [3.8, 4) is 5.69 Å². The topological polar surface area (TPSA) is 55.2 Å². The Morgan fingerprint density at radius 3 is 2.30 bits per heavy atom. The van der Waals surface area contributed by atoms with E-state index in [-0.39, 0.29) is 17.3 Å². The van der Waals surface area contributed by atoms with Crippen LogP contribution in [0.3, 0.4) is 0 Å². The number of halogens is 1. The number of fused-ring (bicyclic) bond motifs is 1. The summed E-state index contributed by atoms with van der Waals surface area (Å²) < 4.78 is 15.2. The van der Waals surface area contributed by atoms with Crippen LogP contribution in [0.4, 0.5) is 4.39 Å². The van der Waals surface area contributed by atoms with Gasteiger partial charge < -0.3 is 4.90 Å². The number of carbonyl (C=O) groups excluding carboxylic acids is 1. The number of hydrogen-bond acceptors (Lipinski definition) is 3. The van der Waals surface area contributed by atoms with E-state index < -0.39 is 6.04 Å². The summed E-state index contributed by atoms with van der Waals surface area (Å²) in [6, 6.07) is 20.3. The highest BCUT2D eigenvalue weighted by molar-refractivity contribution is 5.94. The third-order valence-electron chi connectivity index (χ3n) is 6.76. The van der Waals surface area contributed by atoms with Gasteiger partial charge in [0.1, 0.15) is 11.6 Å². The highest BCUT2D eigenvalue weighted by Gasteiger charge is 2.27. The largest absolute Gasteiger partial charge is 0.329 e. The zero-order valence-electron chi connectivity index (χ0n) is 21.8. The molecular formula is C31H34FN3O2. The summed E-state index contributed by atoms with van der Waals surface area (Å²) in [7, 11) is 0. The van der Waals surface area contributed by atoms with Crippen LogP contribution in [0.25, 0.3) is 16.6 Å². The van der Waals surface area contributed by atoms with E-state index in [1.807, 2.05) is 37.3 Å². The van der Waals surface area contributed by atoms with Crippen LogP contribution in [0.2, 0.25) is 0 Å². The molecule has 0 saturated carbocycles. The van der Waals surface area contributed by atoms with Gasteiger partial charge in [-0.15, -0.1) is 0 Å². The van der Waals surface area contributed by atoms with Gasteiger partial charge in [-0.2, -0.15) is 0 Å². The Morgan fingerprint density at radius 1 is 0.946 bits per heavy atom. The van der Waals surface area contributed by atoms with Gasteiger partial charge in [0.05, 0.1) is 22.6 Å². The summed E-state index contributed by atoms with van der Waals surface area (Å²) in [6.45, 7) is 6.68. The molecule has 5 nitrogen and oxygen atoms in total. The number of aromatic nitrogens is 2. The zero-order valence-corrected chi connectivity index (χ0v) is 21.8. The van der Waals surface area contributed by atoms with Gasteiger partial charge in [-0.05, 0) is 80.3 Å². The van der Waals surface area contributed by atoms with Crippen LogP contribution in [0.1, 0.15) is 74.2 Å². The average molecular weight is 500 g/mol. The Hall–Kier alpha value is -3.80. The maximum atomic E-state index is 13.8. The number of benzene rings is 3. The fourth-order valence-corrected chi connectivity index (χ4v) is 4.57. The normalized spacial score (nSPS) is 12.0. The van der Waals surface area contributed by atoms with Crippen LogP contribution in [-0.4, -0.2) is 26.9 Å². The molecule has 1 heterocycles. The van der Waals surface area contributed by atoms with Crippen molar-refractivity contribution < 1.29 is 9.18 Å². The van der Waals surface area contributed by atoms with E-state index >= 15 is 0 Å². The van der Waals surface area contributed by atoms with Crippen molar-refractivity contribution in [2.75, 3.05) is 6.54 Å². The molecule has 3 aromatic carbocycles. The first-order chi connectivity index (χ1) is 17.9. The van der Waals surface area contributed by atoms with E-state index in [1.165, 1.54) is 22.3 Å². The first-order valence-corrected chi connectivity index (χ1v) is 13.1. The molecule has 4 rings (SSSR count). The minimum atomic E-state index is -0.499. The van der Waals surface area contributed by atoms with Crippen molar-refractivity contribution in [3.05, 3.63) is 106 Å². The van der Waals surface area contributed by atoms with E-state index in [1.54, 1.807) is 35.2 Å². The average Bonchev–Trinajstić information content (AvgIpc) is 2.92. The van der Waals surface area contributed by atoms with Gasteiger partial charge in [-0.1, -0.05) is 51.0 Å². The Balaban J connectivity index is 1.80. The molecule has 0 fully saturated rings.